The van der Waals surface area contributed by atoms with E-state index >= 15 is 0 Å². The van der Waals surface area contributed by atoms with Crippen molar-refractivity contribution in [2.45, 2.75) is 32.4 Å². The molecule has 0 bridgehead atoms. The summed E-state index contributed by atoms with van der Waals surface area (Å²) in [4.78, 5) is 11.2. The topological polar surface area (TPSA) is 54.2 Å². The van der Waals surface area contributed by atoms with E-state index in [1.807, 2.05) is 24.0 Å². The largest absolute Gasteiger partial charge is 0.385 e. The third-order valence-corrected chi connectivity index (χ3v) is 4.56. The van der Waals surface area contributed by atoms with Crippen LogP contribution >= 0.6 is 0 Å². The molecule has 22 heavy (non-hydrogen) atoms. The molecule has 1 N–H and O–H groups in total. The van der Waals surface area contributed by atoms with Crippen LogP contribution < -0.4 is 0 Å². The average Bonchev–Trinajstić information content (AvgIpc) is 2.96. The van der Waals surface area contributed by atoms with Crippen LogP contribution in [0.2, 0.25) is 0 Å². The van der Waals surface area contributed by atoms with Crippen LogP contribution in [-0.2, 0) is 13.6 Å². The number of pyridine rings is 1. The van der Waals surface area contributed by atoms with Gasteiger partial charge in [-0.25, -0.2) is 4.98 Å². The lowest BCUT2D eigenvalue weighted by atomic mass is 9.90. The van der Waals surface area contributed by atoms with E-state index in [1.165, 1.54) is 5.56 Å². The van der Waals surface area contributed by atoms with E-state index in [0.717, 1.165) is 44.0 Å². The van der Waals surface area contributed by atoms with Gasteiger partial charge in [-0.1, -0.05) is 6.07 Å². The highest BCUT2D eigenvalue weighted by atomic mass is 16.3. The van der Waals surface area contributed by atoms with Crippen LogP contribution in [0.5, 0.6) is 0 Å². The quantitative estimate of drug-likeness (QED) is 0.939. The van der Waals surface area contributed by atoms with Gasteiger partial charge in [0.15, 0.2) is 0 Å². The number of rotatable bonds is 4. The number of imidazole rings is 1. The molecule has 5 nitrogen and oxygen atoms in total. The molecule has 118 valence electrons. The van der Waals surface area contributed by atoms with Gasteiger partial charge < -0.3 is 9.67 Å². The molecule has 0 spiro atoms. The Morgan fingerprint density at radius 3 is 2.64 bits per heavy atom. The predicted octanol–water partition coefficient (Wildman–Crippen LogP) is 2.07. The van der Waals surface area contributed by atoms with Crippen molar-refractivity contribution in [2.24, 2.45) is 13.0 Å². The number of hydrogen-bond donors (Lipinski definition) is 1. The van der Waals surface area contributed by atoms with E-state index in [1.54, 1.807) is 6.20 Å². The Morgan fingerprint density at radius 2 is 2.05 bits per heavy atom. The van der Waals surface area contributed by atoms with E-state index in [9.17, 15) is 5.11 Å². The van der Waals surface area contributed by atoms with Crippen LogP contribution in [0.3, 0.4) is 0 Å². The number of hydrogen-bond acceptors (Lipinski definition) is 4. The molecule has 0 radical (unpaired) electrons. The lowest BCUT2D eigenvalue weighted by molar-refractivity contribution is 0.0489. The maximum absolute atomic E-state index is 10.5. The van der Waals surface area contributed by atoms with Crippen molar-refractivity contribution in [3.63, 3.8) is 0 Å². The Hall–Kier alpha value is -1.72. The second-order valence-corrected chi connectivity index (χ2v) is 6.28. The van der Waals surface area contributed by atoms with Crippen LogP contribution in [-0.4, -0.2) is 37.6 Å². The SMILES string of the molecule is Cc1ccc(CN2CCC([C@H](O)c3nccn3C)CC2)nc1. The Kier molecular flexibility index (Phi) is 4.55. The van der Waals surface area contributed by atoms with Crippen molar-refractivity contribution in [1.29, 1.82) is 0 Å². The van der Waals surface area contributed by atoms with Gasteiger partial charge in [-0.2, -0.15) is 0 Å². The van der Waals surface area contributed by atoms with Crippen LogP contribution in [0.1, 0.15) is 36.0 Å². The Labute approximate surface area is 131 Å². The summed E-state index contributed by atoms with van der Waals surface area (Å²) < 4.78 is 1.91. The summed E-state index contributed by atoms with van der Waals surface area (Å²) in [6.07, 6.45) is 7.10. The van der Waals surface area contributed by atoms with E-state index in [2.05, 4.69) is 33.9 Å². The highest BCUT2D eigenvalue weighted by Crippen LogP contribution is 2.30. The molecule has 0 saturated carbocycles. The van der Waals surface area contributed by atoms with E-state index in [0.29, 0.717) is 5.92 Å². The molecule has 1 atom stereocenters. The number of piperidine rings is 1. The first-order valence-corrected chi connectivity index (χ1v) is 7.92. The van der Waals surface area contributed by atoms with E-state index < -0.39 is 6.10 Å². The molecule has 5 heteroatoms. The smallest absolute Gasteiger partial charge is 0.137 e. The Bertz CT molecular complexity index is 599. The fourth-order valence-corrected chi connectivity index (χ4v) is 3.12. The van der Waals surface area contributed by atoms with Crippen LogP contribution in [0.25, 0.3) is 0 Å². The highest BCUT2D eigenvalue weighted by Gasteiger charge is 2.28. The molecule has 0 amide bonds. The van der Waals surface area contributed by atoms with Gasteiger partial charge in [-0.15, -0.1) is 0 Å². The Morgan fingerprint density at radius 1 is 1.27 bits per heavy atom. The summed E-state index contributed by atoms with van der Waals surface area (Å²) in [6, 6.07) is 4.21. The fraction of sp³-hybridized carbons (Fsp3) is 0.529. The number of aliphatic hydroxyl groups is 1. The standard InChI is InChI=1S/C17H24N4O/c1-13-3-4-15(19-11-13)12-21-8-5-14(6-9-21)16(22)17-18-7-10-20(17)2/h3-4,7,10-11,14,16,22H,5-6,8-9,12H2,1-2H3/t16-/m0/s1. The zero-order valence-electron chi connectivity index (χ0n) is 13.3. The Balaban J connectivity index is 1.54. The highest BCUT2D eigenvalue weighted by molar-refractivity contribution is 5.12. The van der Waals surface area contributed by atoms with Gasteiger partial charge in [0, 0.05) is 32.2 Å². The number of aromatic nitrogens is 3. The van der Waals surface area contributed by atoms with Gasteiger partial charge in [0.2, 0.25) is 0 Å². The lowest BCUT2D eigenvalue weighted by Crippen LogP contribution is -2.35. The van der Waals surface area contributed by atoms with Crippen molar-refractivity contribution < 1.29 is 5.11 Å². The fourth-order valence-electron chi connectivity index (χ4n) is 3.12. The first kappa shape index (κ1) is 15.2. The van der Waals surface area contributed by atoms with Crippen LogP contribution in [0, 0.1) is 12.8 Å². The van der Waals surface area contributed by atoms with Crippen molar-refractivity contribution in [1.82, 2.24) is 19.4 Å². The second kappa shape index (κ2) is 6.58. The molecule has 1 aliphatic rings. The molecule has 1 aliphatic heterocycles. The molecule has 0 aliphatic carbocycles. The van der Waals surface area contributed by atoms with Crippen LogP contribution in [0.15, 0.2) is 30.7 Å². The maximum atomic E-state index is 10.5. The van der Waals surface area contributed by atoms with Crippen molar-refractivity contribution >= 4 is 0 Å². The first-order valence-electron chi connectivity index (χ1n) is 7.92. The number of nitrogens with zero attached hydrogens (tertiary/aromatic N) is 4. The zero-order chi connectivity index (χ0) is 15.5. The van der Waals surface area contributed by atoms with Gasteiger partial charge in [0.05, 0.1) is 5.69 Å². The normalized spacial score (nSPS) is 18.5. The van der Waals surface area contributed by atoms with Crippen molar-refractivity contribution in [3.8, 4) is 0 Å². The molecule has 1 saturated heterocycles. The molecule has 0 unspecified atom stereocenters. The first-order chi connectivity index (χ1) is 10.6. The van der Waals surface area contributed by atoms with Crippen molar-refractivity contribution in [3.05, 3.63) is 47.8 Å². The summed E-state index contributed by atoms with van der Waals surface area (Å²) in [6.45, 7) is 4.95. The molecular formula is C17H24N4O. The third kappa shape index (κ3) is 3.36. The molecule has 3 rings (SSSR count). The van der Waals surface area contributed by atoms with Gasteiger partial charge in [0.1, 0.15) is 11.9 Å². The van der Waals surface area contributed by atoms with Gasteiger partial charge >= 0.3 is 0 Å². The summed E-state index contributed by atoms with van der Waals surface area (Å²) in [5.74, 6) is 1.07. The summed E-state index contributed by atoms with van der Waals surface area (Å²) in [5.41, 5.74) is 2.31. The van der Waals surface area contributed by atoms with Crippen molar-refractivity contribution in [2.75, 3.05) is 13.1 Å². The molecule has 3 heterocycles. The minimum Gasteiger partial charge on any atom is -0.385 e. The van der Waals surface area contributed by atoms with E-state index in [4.69, 9.17) is 0 Å². The number of likely N-dealkylation sites (tertiary alicyclic amines) is 1. The predicted molar refractivity (Wildman–Crippen MR) is 85.1 cm³/mol. The second-order valence-electron chi connectivity index (χ2n) is 6.28. The molecule has 0 aromatic carbocycles. The molecule has 1 fully saturated rings. The summed E-state index contributed by atoms with van der Waals surface area (Å²) in [5, 5.41) is 10.5. The summed E-state index contributed by atoms with van der Waals surface area (Å²) in [7, 11) is 1.93. The monoisotopic (exact) mass is 300 g/mol. The van der Waals surface area contributed by atoms with Gasteiger partial charge in [0.25, 0.3) is 0 Å². The molecule has 2 aromatic heterocycles. The minimum absolute atomic E-state index is 0.295. The van der Waals surface area contributed by atoms with Gasteiger partial charge in [-0.05, 0) is 50.4 Å². The van der Waals surface area contributed by atoms with E-state index in [-0.39, 0.29) is 0 Å². The minimum atomic E-state index is -0.459. The number of aliphatic hydroxyl groups excluding tert-OH is 1. The van der Waals surface area contributed by atoms with Crippen LogP contribution in [0.4, 0.5) is 0 Å². The third-order valence-electron chi connectivity index (χ3n) is 4.56. The number of aryl methyl sites for hydroxylation is 2. The van der Waals surface area contributed by atoms with Gasteiger partial charge in [-0.3, -0.25) is 9.88 Å². The summed E-state index contributed by atoms with van der Waals surface area (Å²) >= 11 is 0. The molecule has 2 aromatic rings. The lowest BCUT2D eigenvalue weighted by Gasteiger charge is -2.33. The zero-order valence-corrected chi connectivity index (χ0v) is 13.3. The maximum Gasteiger partial charge on any atom is 0.137 e. The average molecular weight is 300 g/mol. The molecular weight excluding hydrogens is 276 g/mol.